The van der Waals surface area contributed by atoms with Crippen molar-refractivity contribution in [2.45, 2.75) is 4.90 Å². The fourth-order valence-corrected chi connectivity index (χ4v) is 2.67. The maximum Gasteiger partial charge on any atom is 0.333 e. The van der Waals surface area contributed by atoms with Gasteiger partial charge in [-0.1, -0.05) is 11.6 Å². The van der Waals surface area contributed by atoms with Crippen LogP contribution >= 0.6 is 23.4 Å². The molecule has 25 heavy (non-hydrogen) atoms. The van der Waals surface area contributed by atoms with Gasteiger partial charge < -0.3 is 5.11 Å². The second kappa shape index (κ2) is 8.04. The maximum atomic E-state index is 11.9. The number of aromatic hydroxyl groups is 1. The van der Waals surface area contributed by atoms with Crippen LogP contribution in [0, 0.1) is 0 Å². The fourth-order valence-electron chi connectivity index (χ4n) is 1.85. The van der Waals surface area contributed by atoms with Crippen LogP contribution in [0.5, 0.6) is 5.88 Å². The molecular formula is C15H15ClN4O4S. The summed E-state index contributed by atoms with van der Waals surface area (Å²) in [6.45, 7) is 0. The lowest BCUT2D eigenvalue weighted by molar-refractivity contribution is -0.118. The van der Waals surface area contributed by atoms with E-state index in [9.17, 15) is 19.5 Å². The first kappa shape index (κ1) is 18.8. The van der Waals surface area contributed by atoms with Gasteiger partial charge in [-0.25, -0.2) is 10.2 Å². The number of nitrogens with zero attached hydrogens (tertiary/aromatic N) is 3. The lowest BCUT2D eigenvalue weighted by Crippen LogP contribution is -2.38. The van der Waals surface area contributed by atoms with E-state index in [1.165, 1.54) is 25.9 Å². The number of amides is 1. The van der Waals surface area contributed by atoms with E-state index in [-0.39, 0.29) is 11.3 Å². The Labute approximate surface area is 151 Å². The summed E-state index contributed by atoms with van der Waals surface area (Å²) in [5, 5.41) is 14.1. The molecule has 1 aromatic carbocycles. The van der Waals surface area contributed by atoms with Crippen LogP contribution in [0.25, 0.3) is 0 Å². The van der Waals surface area contributed by atoms with E-state index in [4.69, 9.17) is 11.6 Å². The SMILES string of the molecule is Cn1c(O)c(/C=N/NC(=O)CSc2ccc(Cl)cc2)c(=O)n(C)c1=O. The zero-order chi connectivity index (χ0) is 18.6. The van der Waals surface area contributed by atoms with Gasteiger partial charge in [0.05, 0.1) is 12.0 Å². The van der Waals surface area contributed by atoms with Gasteiger partial charge in [0.1, 0.15) is 5.56 Å². The highest BCUT2D eigenvalue weighted by atomic mass is 35.5. The quantitative estimate of drug-likeness (QED) is 0.449. The normalized spacial score (nSPS) is 11.0. The van der Waals surface area contributed by atoms with Crippen molar-refractivity contribution in [2.75, 3.05) is 5.75 Å². The van der Waals surface area contributed by atoms with E-state index < -0.39 is 23.0 Å². The largest absolute Gasteiger partial charge is 0.494 e. The Balaban J connectivity index is 2.01. The molecule has 0 bridgehead atoms. The second-order valence-electron chi connectivity index (χ2n) is 4.98. The third-order valence-corrected chi connectivity index (χ3v) is 4.50. The van der Waals surface area contributed by atoms with Gasteiger partial charge in [0.25, 0.3) is 5.56 Å². The summed E-state index contributed by atoms with van der Waals surface area (Å²) in [4.78, 5) is 36.2. The number of carbonyl (C=O) groups is 1. The lowest BCUT2D eigenvalue weighted by Gasteiger charge is -2.07. The van der Waals surface area contributed by atoms with Crippen LogP contribution in [0.4, 0.5) is 0 Å². The van der Waals surface area contributed by atoms with E-state index in [1.807, 2.05) is 0 Å². The Morgan fingerprint density at radius 3 is 2.56 bits per heavy atom. The number of hydrogen-bond donors (Lipinski definition) is 2. The number of carbonyl (C=O) groups excluding carboxylic acids is 1. The number of hydrogen-bond acceptors (Lipinski definition) is 6. The first-order valence-corrected chi connectivity index (χ1v) is 8.37. The highest BCUT2D eigenvalue weighted by molar-refractivity contribution is 8.00. The molecule has 10 heteroatoms. The van der Waals surface area contributed by atoms with Crippen LogP contribution in [0.3, 0.4) is 0 Å². The molecule has 2 aromatic rings. The predicted octanol–water partition coefficient (Wildman–Crippen LogP) is 0.685. The Kier molecular flexibility index (Phi) is 6.05. The molecule has 0 radical (unpaired) electrons. The first-order chi connectivity index (χ1) is 11.8. The molecular weight excluding hydrogens is 368 g/mol. The molecule has 132 valence electrons. The van der Waals surface area contributed by atoms with Gasteiger partial charge in [0.15, 0.2) is 0 Å². The molecule has 0 saturated carbocycles. The van der Waals surface area contributed by atoms with E-state index in [0.29, 0.717) is 5.02 Å². The van der Waals surface area contributed by atoms with Gasteiger partial charge in [-0.2, -0.15) is 5.10 Å². The standard InChI is InChI=1S/C15H15ClN4O4S/c1-19-13(22)11(14(23)20(2)15(19)24)7-17-18-12(21)8-25-10-5-3-9(16)4-6-10/h3-7,22H,8H2,1-2H3,(H,18,21)/b17-7+. The first-order valence-electron chi connectivity index (χ1n) is 7.00. The number of aromatic nitrogens is 2. The van der Waals surface area contributed by atoms with Crippen LogP contribution in [0.2, 0.25) is 5.02 Å². The third-order valence-electron chi connectivity index (χ3n) is 3.23. The number of nitrogens with one attached hydrogen (secondary N) is 1. The average molecular weight is 383 g/mol. The zero-order valence-corrected chi connectivity index (χ0v) is 15.0. The predicted molar refractivity (Wildman–Crippen MR) is 96.5 cm³/mol. The van der Waals surface area contributed by atoms with E-state index >= 15 is 0 Å². The molecule has 1 aromatic heterocycles. The molecule has 0 aliphatic carbocycles. The summed E-state index contributed by atoms with van der Waals surface area (Å²) in [6.07, 6.45) is 1.00. The Hall–Kier alpha value is -2.52. The van der Waals surface area contributed by atoms with Crippen molar-refractivity contribution in [3.8, 4) is 5.88 Å². The van der Waals surface area contributed by atoms with Crippen molar-refractivity contribution in [3.63, 3.8) is 0 Å². The van der Waals surface area contributed by atoms with Crippen molar-refractivity contribution in [1.82, 2.24) is 14.6 Å². The number of halogens is 1. The van der Waals surface area contributed by atoms with E-state index in [2.05, 4.69) is 10.5 Å². The van der Waals surface area contributed by atoms with Crippen LogP contribution in [0.1, 0.15) is 5.56 Å². The van der Waals surface area contributed by atoms with E-state index in [1.54, 1.807) is 24.3 Å². The minimum absolute atomic E-state index is 0.107. The fraction of sp³-hybridized carbons (Fsp3) is 0.200. The average Bonchev–Trinajstić information content (AvgIpc) is 2.60. The molecule has 2 N–H and O–H groups in total. The smallest absolute Gasteiger partial charge is 0.333 e. The molecule has 1 heterocycles. The number of rotatable bonds is 5. The summed E-state index contributed by atoms with van der Waals surface area (Å²) in [6, 6.07) is 7.02. The van der Waals surface area contributed by atoms with Gasteiger partial charge in [-0.05, 0) is 24.3 Å². The monoisotopic (exact) mass is 382 g/mol. The van der Waals surface area contributed by atoms with Crippen LogP contribution < -0.4 is 16.7 Å². The number of thioether (sulfide) groups is 1. The second-order valence-corrected chi connectivity index (χ2v) is 6.46. The van der Waals surface area contributed by atoms with Crippen LogP contribution in [-0.2, 0) is 18.9 Å². The topological polar surface area (TPSA) is 106 Å². The molecule has 2 rings (SSSR count). The minimum atomic E-state index is -0.714. The Morgan fingerprint density at radius 2 is 1.92 bits per heavy atom. The molecule has 1 amide bonds. The summed E-state index contributed by atoms with van der Waals surface area (Å²) >= 11 is 7.07. The van der Waals surface area contributed by atoms with Crippen LogP contribution in [-0.4, -0.2) is 32.1 Å². The molecule has 0 unspecified atom stereocenters. The van der Waals surface area contributed by atoms with Crippen molar-refractivity contribution < 1.29 is 9.90 Å². The third kappa shape index (κ3) is 4.52. The number of hydrazone groups is 1. The highest BCUT2D eigenvalue weighted by Gasteiger charge is 2.13. The summed E-state index contributed by atoms with van der Waals surface area (Å²) in [7, 11) is 2.60. The summed E-state index contributed by atoms with van der Waals surface area (Å²) in [5.74, 6) is -0.810. The Morgan fingerprint density at radius 1 is 1.28 bits per heavy atom. The maximum absolute atomic E-state index is 11.9. The summed E-state index contributed by atoms with van der Waals surface area (Å²) < 4.78 is 1.74. The van der Waals surface area contributed by atoms with Gasteiger partial charge in [-0.3, -0.25) is 18.7 Å². The van der Waals surface area contributed by atoms with Gasteiger partial charge in [-0.15, -0.1) is 11.8 Å². The van der Waals surface area contributed by atoms with Gasteiger partial charge >= 0.3 is 5.69 Å². The minimum Gasteiger partial charge on any atom is -0.494 e. The van der Waals surface area contributed by atoms with Crippen molar-refractivity contribution in [3.05, 3.63) is 55.7 Å². The molecule has 0 aliphatic rings. The van der Waals surface area contributed by atoms with Crippen molar-refractivity contribution >= 4 is 35.5 Å². The molecule has 0 saturated heterocycles. The zero-order valence-electron chi connectivity index (χ0n) is 13.4. The molecule has 0 spiro atoms. The van der Waals surface area contributed by atoms with Gasteiger partial charge in [0.2, 0.25) is 11.8 Å². The number of benzene rings is 1. The molecule has 0 aliphatic heterocycles. The van der Waals surface area contributed by atoms with Crippen molar-refractivity contribution in [1.29, 1.82) is 0 Å². The summed E-state index contributed by atoms with van der Waals surface area (Å²) in [5.41, 5.74) is 0.681. The molecule has 0 fully saturated rings. The Bertz CT molecular complexity index is 934. The van der Waals surface area contributed by atoms with E-state index in [0.717, 1.165) is 20.2 Å². The van der Waals surface area contributed by atoms with Crippen molar-refractivity contribution in [2.24, 2.45) is 19.2 Å². The highest BCUT2D eigenvalue weighted by Crippen LogP contribution is 2.19. The van der Waals surface area contributed by atoms with Crippen LogP contribution in [0.15, 0.2) is 43.9 Å². The molecule has 0 atom stereocenters. The lowest BCUT2D eigenvalue weighted by atomic mass is 10.3. The van der Waals surface area contributed by atoms with Gasteiger partial charge in [0, 0.05) is 24.0 Å². The molecule has 8 nitrogen and oxygen atoms in total.